The van der Waals surface area contributed by atoms with Gasteiger partial charge in [0.25, 0.3) is 0 Å². The summed E-state index contributed by atoms with van der Waals surface area (Å²) in [5.41, 5.74) is 3.01. The minimum atomic E-state index is 0.701. The van der Waals surface area contributed by atoms with Gasteiger partial charge in [0.1, 0.15) is 10.2 Å². The quantitative estimate of drug-likeness (QED) is 0.777. The molecule has 2 aromatic rings. The highest BCUT2D eigenvalue weighted by atomic mass is 32.1. The average molecular weight is 281 g/mol. The maximum atomic E-state index is 5.47. The van der Waals surface area contributed by atoms with Crippen molar-refractivity contribution in [1.29, 1.82) is 0 Å². The zero-order valence-corrected chi connectivity index (χ0v) is 12.1. The van der Waals surface area contributed by atoms with Gasteiger partial charge in [-0.05, 0) is 31.1 Å². The Morgan fingerprint density at radius 3 is 3.05 bits per heavy atom. The van der Waals surface area contributed by atoms with E-state index >= 15 is 0 Å². The van der Waals surface area contributed by atoms with Crippen LogP contribution in [0.15, 0.2) is 48.7 Å². The molecule has 1 aliphatic carbocycles. The number of hydrogen-bond donors (Lipinski definition) is 0. The molecule has 0 spiro atoms. The highest BCUT2D eigenvalue weighted by molar-refractivity contribution is 7.71. The lowest BCUT2D eigenvalue weighted by molar-refractivity contribution is 0.632. The first-order valence-electron chi connectivity index (χ1n) is 6.70. The third kappa shape index (κ3) is 2.23. The van der Waals surface area contributed by atoms with Gasteiger partial charge in [-0.15, -0.1) is 0 Å². The molecule has 0 saturated heterocycles. The lowest BCUT2D eigenvalue weighted by atomic mass is 10.0. The molecule has 0 atom stereocenters. The van der Waals surface area contributed by atoms with Crippen LogP contribution in [0.25, 0.3) is 16.5 Å². The summed E-state index contributed by atoms with van der Waals surface area (Å²) in [6.45, 7) is 2.79. The van der Waals surface area contributed by atoms with Crippen molar-refractivity contribution < 1.29 is 0 Å². The van der Waals surface area contributed by atoms with Crippen molar-refractivity contribution in [3.05, 3.63) is 59.0 Å². The normalized spacial score (nSPS) is 14.3. The average Bonchev–Trinajstić information content (AvgIpc) is 2.77. The molecule has 3 nitrogen and oxygen atoms in total. The van der Waals surface area contributed by atoms with Gasteiger partial charge in [-0.1, -0.05) is 42.6 Å². The van der Waals surface area contributed by atoms with E-state index in [1.807, 2.05) is 35.9 Å². The number of fused-ring (bicyclic) bond motifs is 1. The van der Waals surface area contributed by atoms with Gasteiger partial charge in [0, 0.05) is 18.1 Å². The van der Waals surface area contributed by atoms with Gasteiger partial charge in [-0.2, -0.15) is 5.10 Å². The first-order chi connectivity index (χ1) is 9.81. The van der Waals surface area contributed by atoms with Crippen LogP contribution in [0.2, 0.25) is 0 Å². The molecule has 0 aliphatic heterocycles. The van der Waals surface area contributed by atoms with E-state index in [1.54, 1.807) is 6.20 Å². The summed E-state index contributed by atoms with van der Waals surface area (Å²) in [6, 6.07) is 3.97. The predicted octanol–water partition coefficient (Wildman–Crippen LogP) is 4.08. The third-order valence-corrected chi connectivity index (χ3v) is 3.72. The second kappa shape index (κ2) is 5.51. The van der Waals surface area contributed by atoms with Crippen molar-refractivity contribution >= 4 is 28.7 Å². The van der Waals surface area contributed by atoms with Crippen LogP contribution >= 0.6 is 12.2 Å². The lowest BCUT2D eigenvalue weighted by Gasteiger charge is -2.11. The second-order valence-electron chi connectivity index (χ2n) is 4.58. The monoisotopic (exact) mass is 281 g/mol. The summed E-state index contributed by atoms with van der Waals surface area (Å²) in [4.78, 5) is 4.44. The number of aryl methyl sites for hydroxylation is 1. The lowest BCUT2D eigenvalue weighted by Crippen LogP contribution is -2.08. The minimum absolute atomic E-state index is 0.701. The fourth-order valence-electron chi connectivity index (χ4n) is 2.31. The maximum Gasteiger partial charge on any atom is 0.148 e. The van der Waals surface area contributed by atoms with Crippen LogP contribution in [0.3, 0.4) is 0 Å². The van der Waals surface area contributed by atoms with E-state index in [9.17, 15) is 0 Å². The Bertz CT molecular complexity index is 797. The Morgan fingerprint density at radius 1 is 1.30 bits per heavy atom. The van der Waals surface area contributed by atoms with E-state index < -0.39 is 0 Å². The van der Waals surface area contributed by atoms with Gasteiger partial charge in [0.2, 0.25) is 0 Å². The molecule has 0 radical (unpaired) electrons. The number of aromatic nitrogens is 3. The summed E-state index contributed by atoms with van der Waals surface area (Å²) in [5, 5.41) is 5.75. The smallest absolute Gasteiger partial charge is 0.148 e. The van der Waals surface area contributed by atoms with Crippen molar-refractivity contribution in [3.8, 4) is 0 Å². The Hall–Kier alpha value is -2.07. The SMILES string of the molecule is CCn1nc(C2=CC=CC=CC2)c2cccnc2c1=S. The van der Waals surface area contributed by atoms with Gasteiger partial charge < -0.3 is 0 Å². The van der Waals surface area contributed by atoms with E-state index in [1.165, 1.54) is 5.57 Å². The van der Waals surface area contributed by atoms with Crippen molar-refractivity contribution in [1.82, 2.24) is 14.8 Å². The van der Waals surface area contributed by atoms with Crippen molar-refractivity contribution in [3.63, 3.8) is 0 Å². The fraction of sp³-hybridized carbons (Fsp3) is 0.188. The van der Waals surface area contributed by atoms with Crippen LogP contribution in [0, 0.1) is 4.64 Å². The Balaban J connectivity index is 2.32. The molecule has 0 aromatic carbocycles. The third-order valence-electron chi connectivity index (χ3n) is 3.32. The van der Waals surface area contributed by atoms with Gasteiger partial charge in [0.15, 0.2) is 0 Å². The fourth-order valence-corrected chi connectivity index (χ4v) is 2.65. The van der Waals surface area contributed by atoms with Crippen molar-refractivity contribution in [2.24, 2.45) is 0 Å². The molecule has 4 heteroatoms. The Morgan fingerprint density at radius 2 is 2.20 bits per heavy atom. The molecule has 1 aliphatic rings. The van der Waals surface area contributed by atoms with Crippen LogP contribution in [-0.2, 0) is 6.54 Å². The van der Waals surface area contributed by atoms with Crippen LogP contribution < -0.4 is 0 Å². The minimum Gasteiger partial charge on any atom is -0.253 e. The molecule has 2 heterocycles. The summed E-state index contributed by atoms with van der Waals surface area (Å²) in [6.07, 6.45) is 13.0. The van der Waals surface area contributed by atoms with E-state index in [0.717, 1.165) is 29.6 Å². The molecule has 0 fully saturated rings. The molecule has 0 N–H and O–H groups in total. The van der Waals surface area contributed by atoms with Crippen LogP contribution in [-0.4, -0.2) is 14.8 Å². The largest absolute Gasteiger partial charge is 0.253 e. The van der Waals surface area contributed by atoms with E-state index in [-0.39, 0.29) is 0 Å². The van der Waals surface area contributed by atoms with Gasteiger partial charge in [-0.25, -0.2) is 0 Å². The summed E-state index contributed by atoms with van der Waals surface area (Å²) >= 11 is 5.47. The molecular formula is C16H15N3S. The first-order valence-corrected chi connectivity index (χ1v) is 7.10. The van der Waals surface area contributed by atoms with Crippen molar-refractivity contribution in [2.75, 3.05) is 0 Å². The van der Waals surface area contributed by atoms with Gasteiger partial charge in [-0.3, -0.25) is 9.67 Å². The van der Waals surface area contributed by atoms with Crippen molar-refractivity contribution in [2.45, 2.75) is 19.9 Å². The van der Waals surface area contributed by atoms with Crippen LogP contribution in [0.1, 0.15) is 19.0 Å². The first kappa shape index (κ1) is 12.9. The topological polar surface area (TPSA) is 30.7 Å². The molecule has 3 rings (SSSR count). The van der Waals surface area contributed by atoms with Crippen LogP contribution in [0.4, 0.5) is 0 Å². The van der Waals surface area contributed by atoms with E-state index in [0.29, 0.717) is 4.64 Å². The Labute approximate surface area is 123 Å². The molecule has 20 heavy (non-hydrogen) atoms. The zero-order chi connectivity index (χ0) is 13.9. The molecule has 2 aromatic heterocycles. The highest BCUT2D eigenvalue weighted by Gasteiger charge is 2.12. The number of hydrogen-bond acceptors (Lipinski definition) is 3. The summed E-state index contributed by atoms with van der Waals surface area (Å²) < 4.78 is 2.55. The number of pyridine rings is 1. The maximum absolute atomic E-state index is 5.47. The van der Waals surface area contributed by atoms with E-state index in [4.69, 9.17) is 17.3 Å². The number of nitrogens with zero attached hydrogens (tertiary/aromatic N) is 3. The molecule has 0 amide bonds. The van der Waals surface area contributed by atoms with Gasteiger partial charge in [0.05, 0.1) is 5.69 Å². The van der Waals surface area contributed by atoms with E-state index in [2.05, 4.69) is 23.2 Å². The number of rotatable bonds is 2. The van der Waals surface area contributed by atoms with Crippen LogP contribution in [0.5, 0.6) is 0 Å². The summed E-state index contributed by atoms with van der Waals surface area (Å²) in [7, 11) is 0. The predicted molar refractivity (Wildman–Crippen MR) is 84.9 cm³/mol. The standard InChI is InChI=1S/C16H15N3S/c1-2-19-16(20)15-13(10-7-11-17-15)14(18-19)12-8-5-3-4-6-9-12/h3-8,10-11H,2,9H2,1H3. The number of allylic oxidation sites excluding steroid dienone is 6. The highest BCUT2D eigenvalue weighted by Crippen LogP contribution is 2.26. The molecule has 0 bridgehead atoms. The summed E-state index contributed by atoms with van der Waals surface area (Å²) in [5.74, 6) is 0. The zero-order valence-electron chi connectivity index (χ0n) is 11.3. The Kier molecular flexibility index (Phi) is 3.56. The van der Waals surface area contributed by atoms with Gasteiger partial charge >= 0.3 is 0 Å². The molecular weight excluding hydrogens is 266 g/mol. The molecule has 0 saturated carbocycles. The second-order valence-corrected chi connectivity index (χ2v) is 4.96. The molecule has 0 unspecified atom stereocenters. The molecule has 100 valence electrons.